The number of allylic oxidation sites excluding steroid dienone is 4. The zero-order valence-electron chi connectivity index (χ0n) is 26.4. The second-order valence-electron chi connectivity index (χ2n) is 10.4. The van der Waals surface area contributed by atoms with Crippen molar-refractivity contribution in [2.24, 2.45) is 10.2 Å². The maximum absolute atomic E-state index is 11.1. The van der Waals surface area contributed by atoms with Crippen LogP contribution < -0.4 is 5.32 Å². The third-order valence-corrected chi connectivity index (χ3v) is 7.29. The van der Waals surface area contributed by atoms with Gasteiger partial charge < -0.3 is 15.3 Å². The number of hydrogen-bond donors (Lipinski definition) is 2. The first kappa shape index (κ1) is 32.0. The molecule has 0 saturated carbocycles. The molecule has 0 unspecified atom stereocenters. The lowest BCUT2D eigenvalue weighted by Gasteiger charge is -2.29. The third kappa shape index (κ3) is 7.82. The molecule has 222 valence electrons. The highest BCUT2D eigenvalue weighted by Gasteiger charge is 2.21. The van der Waals surface area contributed by atoms with E-state index in [1.807, 2.05) is 43.8 Å². The summed E-state index contributed by atoms with van der Waals surface area (Å²) >= 11 is 0. The molecule has 3 aliphatic rings. The standard InChI is InChI=1S/C28H35N7O.C3H8.C2H6/c1-5-20-13-25(31-32-27(14-20)34-11-9-29-10-12-34)24-8-7-22(16-26(24)36)23-15-21(6-2)18(3)28-30-19(4)33-35(28)17-23;1-3-2;1-2/h7-8,13,16-17,29,36H,5-6,9-12,14-15H2,1-4H3;3H2,1-2H3;1-2H3. The first-order valence-corrected chi connectivity index (χ1v) is 15.3. The zero-order valence-corrected chi connectivity index (χ0v) is 26.4. The number of aryl methyl sites for hydroxylation is 1. The van der Waals surface area contributed by atoms with Crippen molar-refractivity contribution in [2.45, 2.75) is 87.5 Å². The molecular weight excluding hydrogens is 510 g/mol. The minimum absolute atomic E-state index is 0.206. The maximum atomic E-state index is 11.1. The van der Waals surface area contributed by atoms with Crippen LogP contribution in [0.5, 0.6) is 5.75 Å². The van der Waals surface area contributed by atoms with E-state index in [4.69, 9.17) is 0 Å². The van der Waals surface area contributed by atoms with Crippen LogP contribution in [0.3, 0.4) is 0 Å². The van der Waals surface area contributed by atoms with Crippen LogP contribution in [0, 0.1) is 6.92 Å². The smallest absolute Gasteiger partial charge is 0.158 e. The van der Waals surface area contributed by atoms with Gasteiger partial charge in [-0.15, -0.1) is 10.2 Å². The molecule has 0 amide bonds. The number of benzene rings is 1. The number of amidine groups is 1. The summed E-state index contributed by atoms with van der Waals surface area (Å²) in [4.78, 5) is 6.95. The van der Waals surface area contributed by atoms with Crippen molar-refractivity contribution >= 4 is 28.9 Å². The SMILES string of the molecule is CC.CCC.CCC1=CC(c2ccc(C3=Cn4nc(C)nc4C(C)=C(CC)C3)cc2O)=NN=C(N2CCNCC2)C1. The second-order valence-corrected chi connectivity index (χ2v) is 10.4. The predicted molar refractivity (Wildman–Crippen MR) is 173 cm³/mol. The number of hydrogen-bond acceptors (Lipinski definition) is 7. The van der Waals surface area contributed by atoms with Gasteiger partial charge in [0, 0.05) is 44.4 Å². The van der Waals surface area contributed by atoms with Crippen LogP contribution in [0.25, 0.3) is 17.3 Å². The average Bonchev–Trinajstić information content (AvgIpc) is 3.15. The molecule has 4 heterocycles. The van der Waals surface area contributed by atoms with Crippen molar-refractivity contribution in [3.63, 3.8) is 0 Å². The van der Waals surface area contributed by atoms with Crippen LogP contribution in [-0.4, -0.2) is 62.5 Å². The van der Waals surface area contributed by atoms with Crippen molar-refractivity contribution < 1.29 is 5.11 Å². The molecule has 1 aromatic heterocycles. The largest absolute Gasteiger partial charge is 0.507 e. The van der Waals surface area contributed by atoms with E-state index >= 15 is 0 Å². The number of phenolic OH excluding ortho intramolecular Hbond substituents is 1. The van der Waals surface area contributed by atoms with Crippen LogP contribution in [0.4, 0.5) is 0 Å². The van der Waals surface area contributed by atoms with Gasteiger partial charge in [0.05, 0.1) is 5.71 Å². The van der Waals surface area contributed by atoms with Gasteiger partial charge in [0.15, 0.2) is 5.82 Å². The van der Waals surface area contributed by atoms with E-state index in [1.54, 1.807) is 0 Å². The number of rotatable bonds is 4. The van der Waals surface area contributed by atoms with Crippen LogP contribution >= 0.6 is 0 Å². The van der Waals surface area contributed by atoms with E-state index in [0.29, 0.717) is 11.3 Å². The molecular formula is C33H49N7O. The lowest BCUT2D eigenvalue weighted by atomic mass is 9.93. The predicted octanol–water partition coefficient (Wildman–Crippen LogP) is 7.07. The van der Waals surface area contributed by atoms with Gasteiger partial charge in [-0.3, -0.25) is 0 Å². The minimum atomic E-state index is 0.206. The monoisotopic (exact) mass is 559 g/mol. The Morgan fingerprint density at radius 2 is 1.66 bits per heavy atom. The Kier molecular flexibility index (Phi) is 12.1. The third-order valence-electron chi connectivity index (χ3n) is 7.29. The van der Waals surface area contributed by atoms with Gasteiger partial charge in [-0.1, -0.05) is 65.2 Å². The van der Waals surface area contributed by atoms with Crippen molar-refractivity contribution in [3.05, 3.63) is 58.2 Å². The molecule has 5 rings (SSSR count). The Balaban J connectivity index is 0.000000868. The van der Waals surface area contributed by atoms with Crippen LogP contribution in [0.1, 0.15) is 103 Å². The van der Waals surface area contributed by atoms with Gasteiger partial charge in [0.1, 0.15) is 17.4 Å². The zero-order chi connectivity index (χ0) is 29.9. The summed E-state index contributed by atoms with van der Waals surface area (Å²) in [6, 6.07) is 5.86. The molecule has 0 bridgehead atoms. The Hall–Kier alpha value is -3.52. The van der Waals surface area contributed by atoms with Crippen molar-refractivity contribution in [1.82, 2.24) is 25.0 Å². The fourth-order valence-electron chi connectivity index (χ4n) is 5.08. The number of aromatic hydroxyl groups is 1. The highest BCUT2D eigenvalue weighted by Crippen LogP contribution is 2.35. The number of nitrogens with one attached hydrogen (secondary N) is 1. The molecule has 0 atom stereocenters. The van der Waals surface area contributed by atoms with Gasteiger partial charge in [-0.2, -0.15) is 5.10 Å². The molecule has 2 aromatic rings. The van der Waals surface area contributed by atoms with Gasteiger partial charge in [0.25, 0.3) is 0 Å². The summed E-state index contributed by atoms with van der Waals surface area (Å²) in [5.74, 6) is 2.86. The van der Waals surface area contributed by atoms with Crippen molar-refractivity contribution in [2.75, 3.05) is 26.2 Å². The number of fused-ring (bicyclic) bond motifs is 1. The average molecular weight is 560 g/mol. The van der Waals surface area contributed by atoms with E-state index in [1.165, 1.54) is 23.1 Å². The normalized spacial score (nSPS) is 16.9. The Morgan fingerprint density at radius 3 is 2.29 bits per heavy atom. The fraction of sp³-hybridized carbons (Fsp3) is 0.515. The molecule has 1 fully saturated rings. The summed E-state index contributed by atoms with van der Waals surface area (Å²) in [7, 11) is 0. The highest BCUT2D eigenvalue weighted by molar-refractivity contribution is 6.12. The minimum Gasteiger partial charge on any atom is -0.507 e. The maximum Gasteiger partial charge on any atom is 0.158 e. The molecule has 41 heavy (non-hydrogen) atoms. The lowest BCUT2D eigenvalue weighted by Crippen LogP contribution is -2.46. The highest BCUT2D eigenvalue weighted by atomic mass is 16.3. The molecule has 8 nitrogen and oxygen atoms in total. The molecule has 0 spiro atoms. The second kappa shape index (κ2) is 15.5. The first-order valence-electron chi connectivity index (χ1n) is 15.3. The summed E-state index contributed by atoms with van der Waals surface area (Å²) in [5, 5.41) is 28.3. The molecule has 2 N–H and O–H groups in total. The molecule has 3 aliphatic heterocycles. The van der Waals surface area contributed by atoms with Crippen LogP contribution in [0.2, 0.25) is 0 Å². The summed E-state index contributed by atoms with van der Waals surface area (Å²) in [6.07, 6.45) is 8.82. The number of nitrogens with zero attached hydrogens (tertiary/aromatic N) is 6. The molecule has 8 heteroatoms. The summed E-state index contributed by atoms with van der Waals surface area (Å²) in [6.45, 7) is 20.4. The van der Waals surface area contributed by atoms with Gasteiger partial charge in [-0.25, -0.2) is 9.67 Å². The first-order chi connectivity index (χ1) is 19.9. The van der Waals surface area contributed by atoms with Gasteiger partial charge >= 0.3 is 0 Å². The van der Waals surface area contributed by atoms with Gasteiger partial charge in [-0.05, 0) is 68.0 Å². The van der Waals surface area contributed by atoms with E-state index in [9.17, 15) is 5.11 Å². The number of phenols is 1. The summed E-state index contributed by atoms with van der Waals surface area (Å²) < 4.78 is 1.87. The Morgan fingerprint density at radius 1 is 0.951 bits per heavy atom. The van der Waals surface area contributed by atoms with Gasteiger partial charge in [0.2, 0.25) is 0 Å². The summed E-state index contributed by atoms with van der Waals surface area (Å²) in [5.41, 5.74) is 7.24. The van der Waals surface area contributed by atoms with E-state index in [2.05, 4.69) is 77.3 Å². The quantitative estimate of drug-likeness (QED) is 0.418. The number of aromatic nitrogens is 3. The molecule has 1 aromatic carbocycles. The van der Waals surface area contributed by atoms with E-state index < -0.39 is 0 Å². The fourth-order valence-corrected chi connectivity index (χ4v) is 5.08. The van der Waals surface area contributed by atoms with Crippen molar-refractivity contribution in [3.8, 4) is 5.75 Å². The van der Waals surface area contributed by atoms with Crippen LogP contribution in [-0.2, 0) is 0 Å². The van der Waals surface area contributed by atoms with E-state index in [-0.39, 0.29) is 5.75 Å². The molecule has 1 saturated heterocycles. The topological polar surface area (TPSA) is 90.9 Å². The van der Waals surface area contributed by atoms with Crippen LogP contribution in [0.15, 0.2) is 45.6 Å². The molecule has 0 aliphatic carbocycles. The number of piperazine rings is 1. The lowest BCUT2D eigenvalue weighted by molar-refractivity contribution is 0.352. The van der Waals surface area contributed by atoms with Crippen molar-refractivity contribution in [1.29, 1.82) is 0 Å². The Labute approximate surface area is 246 Å². The van der Waals surface area contributed by atoms with E-state index in [0.717, 1.165) is 80.5 Å². The Bertz CT molecular complexity index is 1340. The molecule has 0 radical (unpaired) electrons.